The molecule has 26 heavy (non-hydrogen) atoms. The maximum absolute atomic E-state index is 12.4. The van der Waals surface area contributed by atoms with Crippen LogP contribution in [0.25, 0.3) is 10.7 Å². The topological polar surface area (TPSA) is 77.2 Å². The first-order chi connectivity index (χ1) is 12.5. The van der Waals surface area contributed by atoms with E-state index in [0.29, 0.717) is 34.6 Å². The molecular formula is C18H18ClN3O3S. The molecule has 0 aliphatic carbocycles. The quantitative estimate of drug-likeness (QED) is 0.657. The molecule has 136 valence electrons. The standard InChI is InChI=1S/C18H18ClN3O3S/c1-4-16-21-17(22-25-16)15-9-14(11(3)26-15)20-18(23)10(2)24-13-7-5-6-12(19)8-13/h5-10H,4H2,1-3H3,(H,20,23). The highest BCUT2D eigenvalue weighted by Crippen LogP contribution is 2.33. The largest absolute Gasteiger partial charge is 0.481 e. The van der Waals surface area contributed by atoms with Gasteiger partial charge in [-0.1, -0.05) is 29.7 Å². The summed E-state index contributed by atoms with van der Waals surface area (Å²) in [6.45, 7) is 5.56. The monoisotopic (exact) mass is 391 g/mol. The number of aryl methyl sites for hydroxylation is 2. The Labute approximate surface area is 160 Å². The van der Waals surface area contributed by atoms with E-state index in [-0.39, 0.29) is 5.91 Å². The lowest BCUT2D eigenvalue weighted by molar-refractivity contribution is -0.122. The lowest BCUT2D eigenvalue weighted by Gasteiger charge is -2.14. The zero-order valence-corrected chi connectivity index (χ0v) is 16.1. The third-order valence-electron chi connectivity index (χ3n) is 3.64. The highest BCUT2D eigenvalue weighted by molar-refractivity contribution is 7.16. The van der Waals surface area contributed by atoms with Gasteiger partial charge in [-0.3, -0.25) is 4.79 Å². The number of hydrogen-bond donors (Lipinski definition) is 1. The van der Waals surface area contributed by atoms with Crippen LogP contribution in [0.4, 0.5) is 5.69 Å². The summed E-state index contributed by atoms with van der Waals surface area (Å²) >= 11 is 7.43. The first-order valence-corrected chi connectivity index (χ1v) is 9.32. The number of halogens is 1. The molecule has 0 fully saturated rings. The van der Waals surface area contributed by atoms with E-state index in [1.807, 2.05) is 19.9 Å². The Hall–Kier alpha value is -2.38. The minimum atomic E-state index is -0.673. The van der Waals surface area contributed by atoms with Gasteiger partial charge in [-0.15, -0.1) is 11.3 Å². The molecule has 0 bridgehead atoms. The SMILES string of the molecule is CCc1nc(-c2cc(NC(=O)C(C)Oc3cccc(Cl)c3)c(C)s2)no1. The number of nitrogens with one attached hydrogen (secondary N) is 1. The van der Waals surface area contributed by atoms with Crippen molar-refractivity contribution in [3.8, 4) is 16.5 Å². The van der Waals surface area contributed by atoms with E-state index in [1.165, 1.54) is 11.3 Å². The van der Waals surface area contributed by atoms with Crippen molar-refractivity contribution in [3.63, 3.8) is 0 Å². The molecule has 0 saturated heterocycles. The van der Waals surface area contributed by atoms with Crippen LogP contribution in [0.5, 0.6) is 5.75 Å². The van der Waals surface area contributed by atoms with E-state index >= 15 is 0 Å². The normalized spacial score (nSPS) is 12.0. The van der Waals surface area contributed by atoms with Crippen LogP contribution >= 0.6 is 22.9 Å². The number of carbonyl (C=O) groups is 1. The van der Waals surface area contributed by atoms with Gasteiger partial charge in [0.15, 0.2) is 6.10 Å². The van der Waals surface area contributed by atoms with Crippen LogP contribution in [0.1, 0.15) is 24.6 Å². The molecular weight excluding hydrogens is 374 g/mol. The van der Waals surface area contributed by atoms with Gasteiger partial charge >= 0.3 is 0 Å². The summed E-state index contributed by atoms with van der Waals surface area (Å²) in [5.41, 5.74) is 0.708. The zero-order chi connectivity index (χ0) is 18.7. The highest BCUT2D eigenvalue weighted by Gasteiger charge is 2.19. The molecule has 0 radical (unpaired) electrons. The fourth-order valence-corrected chi connectivity index (χ4v) is 3.33. The van der Waals surface area contributed by atoms with Gasteiger partial charge in [0.25, 0.3) is 5.91 Å². The van der Waals surface area contributed by atoms with Crippen LogP contribution in [0, 0.1) is 6.92 Å². The Bertz CT molecular complexity index is 922. The molecule has 8 heteroatoms. The minimum Gasteiger partial charge on any atom is -0.481 e. The Balaban J connectivity index is 1.69. The summed E-state index contributed by atoms with van der Waals surface area (Å²) in [5.74, 6) is 1.40. The van der Waals surface area contributed by atoms with Crippen molar-refractivity contribution in [1.29, 1.82) is 0 Å². The van der Waals surface area contributed by atoms with Crippen molar-refractivity contribution >= 4 is 34.5 Å². The summed E-state index contributed by atoms with van der Waals surface area (Å²) in [5, 5.41) is 7.40. The van der Waals surface area contributed by atoms with Crippen molar-refractivity contribution in [3.05, 3.63) is 46.1 Å². The molecule has 1 unspecified atom stereocenters. The van der Waals surface area contributed by atoms with Crippen molar-refractivity contribution in [2.45, 2.75) is 33.3 Å². The van der Waals surface area contributed by atoms with Crippen LogP contribution in [-0.4, -0.2) is 22.2 Å². The second kappa shape index (κ2) is 7.88. The molecule has 2 heterocycles. The highest BCUT2D eigenvalue weighted by atomic mass is 35.5. The molecule has 1 aromatic carbocycles. The van der Waals surface area contributed by atoms with E-state index < -0.39 is 6.10 Å². The van der Waals surface area contributed by atoms with Crippen LogP contribution < -0.4 is 10.1 Å². The molecule has 2 aromatic heterocycles. The predicted molar refractivity (Wildman–Crippen MR) is 102 cm³/mol. The summed E-state index contributed by atoms with van der Waals surface area (Å²) in [4.78, 5) is 18.5. The van der Waals surface area contributed by atoms with E-state index in [4.69, 9.17) is 20.9 Å². The molecule has 1 N–H and O–H groups in total. The van der Waals surface area contributed by atoms with Crippen LogP contribution in [0.3, 0.4) is 0 Å². The smallest absolute Gasteiger partial charge is 0.265 e. The lowest BCUT2D eigenvalue weighted by Crippen LogP contribution is -2.30. The molecule has 0 aliphatic rings. The number of amides is 1. The van der Waals surface area contributed by atoms with Gasteiger partial charge in [-0.25, -0.2) is 0 Å². The number of anilines is 1. The summed E-state index contributed by atoms with van der Waals surface area (Å²) in [6, 6.07) is 8.78. The van der Waals surface area contributed by atoms with Crippen LogP contribution in [0.2, 0.25) is 5.02 Å². The maximum Gasteiger partial charge on any atom is 0.265 e. The molecule has 1 amide bonds. The molecule has 0 aliphatic heterocycles. The Morgan fingerprint density at radius 1 is 1.42 bits per heavy atom. The van der Waals surface area contributed by atoms with E-state index in [0.717, 1.165) is 9.75 Å². The number of nitrogens with zero attached hydrogens (tertiary/aromatic N) is 2. The fraction of sp³-hybridized carbons (Fsp3) is 0.278. The number of thiophene rings is 1. The van der Waals surface area contributed by atoms with Gasteiger partial charge in [0.1, 0.15) is 5.75 Å². The van der Waals surface area contributed by atoms with Crippen molar-refractivity contribution in [2.24, 2.45) is 0 Å². The number of aromatic nitrogens is 2. The average molecular weight is 392 g/mol. The van der Waals surface area contributed by atoms with Gasteiger partial charge in [0.2, 0.25) is 11.7 Å². The van der Waals surface area contributed by atoms with Gasteiger partial charge in [-0.2, -0.15) is 4.98 Å². The first-order valence-electron chi connectivity index (χ1n) is 8.12. The van der Waals surface area contributed by atoms with Crippen molar-refractivity contribution < 1.29 is 14.1 Å². The first kappa shape index (κ1) is 18.4. The third kappa shape index (κ3) is 4.23. The third-order valence-corrected chi connectivity index (χ3v) is 4.93. The van der Waals surface area contributed by atoms with Crippen molar-refractivity contribution in [2.75, 3.05) is 5.32 Å². The summed E-state index contributed by atoms with van der Waals surface area (Å²) in [7, 11) is 0. The Morgan fingerprint density at radius 3 is 2.92 bits per heavy atom. The fourth-order valence-electron chi connectivity index (χ4n) is 2.25. The number of carbonyl (C=O) groups excluding carboxylic acids is 1. The number of benzene rings is 1. The van der Waals surface area contributed by atoms with Gasteiger partial charge in [0, 0.05) is 16.3 Å². The molecule has 0 spiro atoms. The van der Waals surface area contributed by atoms with E-state index in [2.05, 4.69) is 15.5 Å². The Kier molecular flexibility index (Phi) is 5.58. The summed E-state index contributed by atoms with van der Waals surface area (Å²) in [6.07, 6.45) is 0.00680. The maximum atomic E-state index is 12.4. The number of rotatable bonds is 6. The molecule has 1 atom stereocenters. The molecule has 0 saturated carbocycles. The van der Waals surface area contributed by atoms with Crippen LogP contribution in [0.15, 0.2) is 34.9 Å². The second-order valence-corrected chi connectivity index (χ2v) is 7.35. The predicted octanol–water partition coefficient (Wildman–Crippen LogP) is 4.73. The van der Waals surface area contributed by atoms with Gasteiger partial charge in [-0.05, 0) is 38.1 Å². The second-order valence-electron chi connectivity index (χ2n) is 5.65. The molecule has 3 aromatic rings. The number of ether oxygens (including phenoxy) is 1. The number of hydrogen-bond acceptors (Lipinski definition) is 6. The van der Waals surface area contributed by atoms with Crippen LogP contribution in [-0.2, 0) is 11.2 Å². The Morgan fingerprint density at radius 2 is 2.23 bits per heavy atom. The van der Waals surface area contributed by atoms with E-state index in [1.54, 1.807) is 31.2 Å². The molecule has 3 rings (SSSR count). The van der Waals surface area contributed by atoms with E-state index in [9.17, 15) is 4.79 Å². The average Bonchev–Trinajstić information content (AvgIpc) is 3.22. The summed E-state index contributed by atoms with van der Waals surface area (Å²) < 4.78 is 10.8. The minimum absolute atomic E-state index is 0.250. The zero-order valence-electron chi connectivity index (χ0n) is 14.6. The van der Waals surface area contributed by atoms with Gasteiger partial charge in [0.05, 0.1) is 10.6 Å². The lowest BCUT2D eigenvalue weighted by atomic mass is 10.3. The van der Waals surface area contributed by atoms with Gasteiger partial charge < -0.3 is 14.6 Å². The molecule has 6 nitrogen and oxygen atoms in total. The van der Waals surface area contributed by atoms with Crippen molar-refractivity contribution in [1.82, 2.24) is 10.1 Å².